The predicted octanol–water partition coefficient (Wildman–Crippen LogP) is 3.57. The number of benzene rings is 1. The Morgan fingerprint density at radius 1 is 1.32 bits per heavy atom. The number of nitrogens with one attached hydrogen (secondary N) is 1. The minimum absolute atomic E-state index is 0.0135. The van der Waals surface area contributed by atoms with Crippen molar-refractivity contribution in [2.75, 3.05) is 17.3 Å². The van der Waals surface area contributed by atoms with E-state index in [-0.39, 0.29) is 11.3 Å². The van der Waals surface area contributed by atoms with Crippen molar-refractivity contribution in [1.29, 1.82) is 0 Å². The second-order valence-corrected chi connectivity index (χ2v) is 6.32. The molecule has 1 heterocycles. The van der Waals surface area contributed by atoms with Crippen LogP contribution in [0.3, 0.4) is 0 Å². The van der Waals surface area contributed by atoms with Gasteiger partial charge in [0.05, 0.1) is 24.1 Å². The Bertz CT molecular complexity index is 656. The zero-order valence-electron chi connectivity index (χ0n) is 13.8. The fourth-order valence-electron chi connectivity index (χ4n) is 1.99. The zero-order valence-corrected chi connectivity index (χ0v) is 13.8. The van der Waals surface area contributed by atoms with Crippen molar-refractivity contribution in [2.45, 2.75) is 39.7 Å². The fourth-order valence-corrected chi connectivity index (χ4v) is 1.99. The number of amides is 1. The van der Waals surface area contributed by atoms with Crippen molar-refractivity contribution < 1.29 is 9.21 Å². The van der Waals surface area contributed by atoms with Gasteiger partial charge in [0.15, 0.2) is 0 Å². The lowest BCUT2D eigenvalue weighted by atomic mass is 9.94. The lowest BCUT2D eigenvalue weighted by Gasteiger charge is -2.19. The number of aromatic nitrogens is 1. The highest BCUT2D eigenvalue weighted by atomic mass is 16.4. The van der Waals surface area contributed by atoms with Gasteiger partial charge in [-0.15, -0.1) is 0 Å². The third-order valence-corrected chi connectivity index (χ3v) is 3.46. The van der Waals surface area contributed by atoms with Gasteiger partial charge in [-0.3, -0.25) is 4.79 Å². The van der Waals surface area contributed by atoms with Crippen molar-refractivity contribution >= 4 is 17.3 Å². The zero-order chi connectivity index (χ0) is 16.3. The summed E-state index contributed by atoms with van der Waals surface area (Å²) in [6, 6.07) is 7.67. The minimum atomic E-state index is -0.0575. The number of carbonyl (C=O) groups is 1. The molecule has 5 nitrogen and oxygen atoms in total. The number of carbonyl (C=O) groups excluding carboxylic acids is 1. The summed E-state index contributed by atoms with van der Waals surface area (Å²) in [5, 5.41) is 3.28. The van der Waals surface area contributed by atoms with Crippen molar-refractivity contribution in [1.82, 2.24) is 4.98 Å². The molecule has 2 rings (SSSR count). The van der Waals surface area contributed by atoms with Gasteiger partial charge in [0.25, 0.3) is 0 Å². The lowest BCUT2D eigenvalue weighted by molar-refractivity contribution is -0.116. The standard InChI is InChI=1S/C17H23N3O2/c1-12(21)20(5)14-9-7-6-8-13(14)18-11-16-19-10-15(22-16)17(2,3)4/h6-10,18H,11H2,1-5H3. The molecule has 0 aliphatic carbocycles. The summed E-state index contributed by atoms with van der Waals surface area (Å²) in [5.74, 6) is 1.48. The molecular weight excluding hydrogens is 278 g/mol. The van der Waals surface area contributed by atoms with E-state index in [1.165, 1.54) is 0 Å². The molecule has 0 fully saturated rings. The van der Waals surface area contributed by atoms with Gasteiger partial charge in [-0.25, -0.2) is 4.98 Å². The Hall–Kier alpha value is -2.30. The summed E-state index contributed by atoms with van der Waals surface area (Å²) < 4.78 is 5.76. The molecule has 1 amide bonds. The van der Waals surface area contributed by atoms with E-state index in [1.54, 1.807) is 25.1 Å². The largest absolute Gasteiger partial charge is 0.443 e. The maximum Gasteiger partial charge on any atom is 0.223 e. The number of anilines is 2. The van der Waals surface area contributed by atoms with Crippen LogP contribution in [0.15, 0.2) is 34.9 Å². The third kappa shape index (κ3) is 3.67. The van der Waals surface area contributed by atoms with Crippen molar-refractivity contribution in [3.05, 3.63) is 42.1 Å². The highest BCUT2D eigenvalue weighted by Crippen LogP contribution is 2.26. The molecule has 0 aliphatic rings. The van der Waals surface area contributed by atoms with E-state index in [4.69, 9.17) is 4.42 Å². The van der Waals surface area contributed by atoms with Gasteiger partial charge in [0.2, 0.25) is 11.8 Å². The Labute approximate surface area is 131 Å². The smallest absolute Gasteiger partial charge is 0.223 e. The van der Waals surface area contributed by atoms with Gasteiger partial charge in [-0.05, 0) is 12.1 Å². The molecule has 5 heteroatoms. The molecule has 118 valence electrons. The Morgan fingerprint density at radius 3 is 2.59 bits per heavy atom. The second kappa shape index (κ2) is 6.22. The van der Waals surface area contributed by atoms with E-state index in [0.29, 0.717) is 12.4 Å². The number of oxazole rings is 1. The van der Waals surface area contributed by atoms with Crippen LogP contribution in [0.5, 0.6) is 0 Å². The molecule has 0 bridgehead atoms. The van der Waals surface area contributed by atoms with Crippen molar-refractivity contribution in [2.24, 2.45) is 0 Å². The second-order valence-electron chi connectivity index (χ2n) is 6.32. The van der Waals surface area contributed by atoms with Gasteiger partial charge in [-0.1, -0.05) is 32.9 Å². The summed E-state index contributed by atoms with van der Waals surface area (Å²) in [6.07, 6.45) is 1.77. The molecule has 22 heavy (non-hydrogen) atoms. The number of rotatable bonds is 4. The molecule has 0 saturated heterocycles. The molecular formula is C17H23N3O2. The Kier molecular flexibility index (Phi) is 4.54. The molecule has 0 aliphatic heterocycles. The van der Waals surface area contributed by atoms with Crippen molar-refractivity contribution in [3.63, 3.8) is 0 Å². The first kappa shape index (κ1) is 16.1. The fraction of sp³-hybridized carbons (Fsp3) is 0.412. The molecule has 2 aromatic rings. The first-order chi connectivity index (χ1) is 10.3. The highest BCUT2D eigenvalue weighted by Gasteiger charge is 2.19. The monoisotopic (exact) mass is 301 g/mol. The van der Waals surface area contributed by atoms with Gasteiger partial charge in [0, 0.05) is 19.4 Å². The van der Waals surface area contributed by atoms with E-state index in [9.17, 15) is 4.79 Å². The SMILES string of the molecule is CC(=O)N(C)c1ccccc1NCc1ncc(C(C)(C)C)o1. The number of para-hydroxylation sites is 2. The van der Waals surface area contributed by atoms with Crippen LogP contribution in [0.2, 0.25) is 0 Å². The van der Waals surface area contributed by atoms with Crippen LogP contribution in [0.4, 0.5) is 11.4 Å². The van der Waals surface area contributed by atoms with E-state index in [0.717, 1.165) is 17.1 Å². The quantitative estimate of drug-likeness (QED) is 0.938. The molecule has 0 unspecified atom stereocenters. The normalized spacial score (nSPS) is 11.3. The van der Waals surface area contributed by atoms with E-state index in [2.05, 4.69) is 31.1 Å². The maximum absolute atomic E-state index is 11.6. The minimum Gasteiger partial charge on any atom is -0.443 e. The average molecular weight is 301 g/mol. The van der Waals surface area contributed by atoms with Crippen LogP contribution in [0.25, 0.3) is 0 Å². The van der Waals surface area contributed by atoms with Crippen LogP contribution >= 0.6 is 0 Å². The highest BCUT2D eigenvalue weighted by molar-refractivity contribution is 5.94. The van der Waals surface area contributed by atoms with Crippen LogP contribution in [-0.2, 0) is 16.8 Å². The summed E-state index contributed by atoms with van der Waals surface area (Å²) in [7, 11) is 1.76. The first-order valence-electron chi connectivity index (χ1n) is 7.31. The van der Waals surface area contributed by atoms with Crippen LogP contribution in [0.1, 0.15) is 39.3 Å². The Balaban J connectivity index is 2.12. The van der Waals surface area contributed by atoms with Crippen LogP contribution in [0, 0.1) is 0 Å². The summed E-state index contributed by atoms with van der Waals surface area (Å²) >= 11 is 0. The van der Waals surface area contributed by atoms with E-state index < -0.39 is 0 Å². The molecule has 1 aromatic heterocycles. The molecule has 1 aromatic carbocycles. The molecule has 0 radical (unpaired) electrons. The summed E-state index contributed by atoms with van der Waals surface area (Å²) in [4.78, 5) is 17.5. The summed E-state index contributed by atoms with van der Waals surface area (Å²) in [6.45, 7) is 8.27. The predicted molar refractivity (Wildman–Crippen MR) is 88.1 cm³/mol. The first-order valence-corrected chi connectivity index (χ1v) is 7.31. The van der Waals surface area contributed by atoms with Gasteiger partial charge in [0.1, 0.15) is 5.76 Å². The van der Waals surface area contributed by atoms with E-state index in [1.807, 2.05) is 24.3 Å². The average Bonchev–Trinajstić information content (AvgIpc) is 2.93. The number of hydrogen-bond donors (Lipinski definition) is 1. The topological polar surface area (TPSA) is 58.4 Å². The van der Waals surface area contributed by atoms with Gasteiger partial charge < -0.3 is 14.6 Å². The van der Waals surface area contributed by atoms with Gasteiger partial charge in [-0.2, -0.15) is 0 Å². The Morgan fingerprint density at radius 2 is 2.00 bits per heavy atom. The third-order valence-electron chi connectivity index (χ3n) is 3.46. The molecule has 0 saturated carbocycles. The molecule has 1 N–H and O–H groups in total. The van der Waals surface area contributed by atoms with E-state index >= 15 is 0 Å². The maximum atomic E-state index is 11.6. The summed E-state index contributed by atoms with van der Waals surface area (Å²) in [5.41, 5.74) is 1.64. The van der Waals surface area contributed by atoms with Crippen molar-refractivity contribution in [3.8, 4) is 0 Å². The lowest BCUT2D eigenvalue weighted by Crippen LogP contribution is -2.23. The van der Waals surface area contributed by atoms with Gasteiger partial charge >= 0.3 is 0 Å². The van der Waals surface area contributed by atoms with Crippen LogP contribution < -0.4 is 10.2 Å². The molecule has 0 spiro atoms. The number of nitrogens with zero attached hydrogens (tertiary/aromatic N) is 2. The number of hydrogen-bond acceptors (Lipinski definition) is 4. The van der Waals surface area contributed by atoms with Crippen LogP contribution in [-0.4, -0.2) is 17.9 Å². The molecule has 0 atom stereocenters.